The SMILES string of the molecule is Oc1ccc(-c2ccc(C(F)(F)F)c(F)c2)nc1. The number of pyridine rings is 1. The second-order valence-corrected chi connectivity index (χ2v) is 3.59. The standard InChI is InChI=1S/C12H7F4NO/c13-10-5-7(1-3-9(10)12(14,15)16)11-4-2-8(18)6-17-11/h1-6,18H. The molecule has 0 unspecified atom stereocenters. The molecule has 18 heavy (non-hydrogen) atoms. The molecule has 0 aliphatic heterocycles. The smallest absolute Gasteiger partial charge is 0.419 e. The van der Waals surface area contributed by atoms with E-state index in [2.05, 4.69) is 4.98 Å². The van der Waals surface area contributed by atoms with Crippen molar-refractivity contribution < 1.29 is 22.7 Å². The molecule has 1 N–H and O–H groups in total. The van der Waals surface area contributed by atoms with E-state index in [4.69, 9.17) is 5.11 Å². The lowest BCUT2D eigenvalue weighted by Gasteiger charge is -2.09. The van der Waals surface area contributed by atoms with Gasteiger partial charge in [-0.15, -0.1) is 0 Å². The highest BCUT2D eigenvalue weighted by Gasteiger charge is 2.33. The lowest BCUT2D eigenvalue weighted by Crippen LogP contribution is -2.07. The van der Waals surface area contributed by atoms with Crippen molar-refractivity contribution in [3.8, 4) is 17.0 Å². The fourth-order valence-corrected chi connectivity index (χ4v) is 1.46. The van der Waals surface area contributed by atoms with Crippen LogP contribution in [0.3, 0.4) is 0 Å². The average Bonchev–Trinajstić information content (AvgIpc) is 2.28. The van der Waals surface area contributed by atoms with Crippen LogP contribution in [0.1, 0.15) is 5.56 Å². The maximum Gasteiger partial charge on any atom is 0.419 e. The summed E-state index contributed by atoms with van der Waals surface area (Å²) in [5, 5.41) is 9.02. The average molecular weight is 257 g/mol. The van der Waals surface area contributed by atoms with Crippen LogP contribution in [0.15, 0.2) is 36.5 Å². The van der Waals surface area contributed by atoms with E-state index < -0.39 is 17.6 Å². The fraction of sp³-hybridized carbons (Fsp3) is 0.0833. The van der Waals surface area contributed by atoms with Gasteiger partial charge in [0.1, 0.15) is 11.6 Å². The molecule has 2 rings (SSSR count). The normalized spacial score (nSPS) is 11.6. The molecule has 0 saturated heterocycles. The van der Waals surface area contributed by atoms with Crippen molar-refractivity contribution in [2.24, 2.45) is 0 Å². The lowest BCUT2D eigenvalue weighted by molar-refractivity contribution is -0.139. The zero-order valence-corrected chi connectivity index (χ0v) is 8.87. The largest absolute Gasteiger partial charge is 0.506 e. The first-order valence-corrected chi connectivity index (χ1v) is 4.90. The van der Waals surface area contributed by atoms with E-state index in [0.29, 0.717) is 6.07 Å². The number of aromatic nitrogens is 1. The Bertz CT molecular complexity index is 563. The van der Waals surface area contributed by atoms with E-state index in [-0.39, 0.29) is 17.0 Å². The Morgan fingerprint density at radius 3 is 2.28 bits per heavy atom. The maximum absolute atomic E-state index is 13.3. The van der Waals surface area contributed by atoms with Crippen LogP contribution in [-0.4, -0.2) is 10.1 Å². The predicted octanol–water partition coefficient (Wildman–Crippen LogP) is 3.61. The van der Waals surface area contributed by atoms with Crippen LogP contribution in [0.4, 0.5) is 17.6 Å². The van der Waals surface area contributed by atoms with E-state index >= 15 is 0 Å². The number of hydrogen-bond donors (Lipinski definition) is 1. The molecule has 2 aromatic rings. The highest BCUT2D eigenvalue weighted by atomic mass is 19.4. The third-order valence-electron chi connectivity index (χ3n) is 2.32. The number of hydrogen-bond acceptors (Lipinski definition) is 2. The van der Waals surface area contributed by atoms with Crippen molar-refractivity contribution in [2.75, 3.05) is 0 Å². The fourth-order valence-electron chi connectivity index (χ4n) is 1.46. The highest BCUT2D eigenvalue weighted by molar-refractivity contribution is 5.60. The van der Waals surface area contributed by atoms with Crippen molar-refractivity contribution in [1.29, 1.82) is 0 Å². The number of aromatic hydroxyl groups is 1. The van der Waals surface area contributed by atoms with E-state index in [1.165, 1.54) is 12.1 Å². The van der Waals surface area contributed by atoms with Gasteiger partial charge in [-0.3, -0.25) is 4.98 Å². The molecule has 1 heterocycles. The van der Waals surface area contributed by atoms with E-state index in [1.54, 1.807) is 0 Å². The van der Waals surface area contributed by atoms with Gasteiger partial charge < -0.3 is 5.11 Å². The number of rotatable bonds is 1. The number of benzene rings is 1. The first-order chi connectivity index (χ1) is 8.38. The Morgan fingerprint density at radius 1 is 1.06 bits per heavy atom. The topological polar surface area (TPSA) is 33.1 Å². The number of nitrogens with zero attached hydrogens (tertiary/aromatic N) is 1. The van der Waals surface area contributed by atoms with Crippen LogP contribution < -0.4 is 0 Å². The first-order valence-electron chi connectivity index (χ1n) is 4.90. The molecule has 0 bridgehead atoms. The van der Waals surface area contributed by atoms with Crippen molar-refractivity contribution in [3.05, 3.63) is 47.9 Å². The summed E-state index contributed by atoms with van der Waals surface area (Å²) in [4.78, 5) is 3.78. The second kappa shape index (κ2) is 4.29. The molecule has 2 nitrogen and oxygen atoms in total. The highest BCUT2D eigenvalue weighted by Crippen LogP contribution is 2.33. The van der Waals surface area contributed by atoms with Crippen LogP contribution >= 0.6 is 0 Å². The molecule has 0 spiro atoms. The third-order valence-corrected chi connectivity index (χ3v) is 2.32. The van der Waals surface area contributed by atoms with Gasteiger partial charge in [0.2, 0.25) is 0 Å². The lowest BCUT2D eigenvalue weighted by atomic mass is 10.1. The summed E-state index contributed by atoms with van der Waals surface area (Å²) in [6, 6.07) is 5.27. The van der Waals surface area contributed by atoms with Crippen molar-refractivity contribution in [2.45, 2.75) is 6.18 Å². The Hall–Kier alpha value is -2.11. The zero-order valence-electron chi connectivity index (χ0n) is 8.87. The van der Waals surface area contributed by atoms with Crippen LogP contribution in [0.25, 0.3) is 11.3 Å². The molecular weight excluding hydrogens is 250 g/mol. The Morgan fingerprint density at radius 2 is 1.78 bits per heavy atom. The zero-order chi connectivity index (χ0) is 13.3. The number of halogens is 4. The Labute approximate surface area is 99.5 Å². The molecule has 0 saturated carbocycles. The van der Waals surface area contributed by atoms with E-state index in [9.17, 15) is 17.6 Å². The summed E-state index contributed by atoms with van der Waals surface area (Å²) in [6.45, 7) is 0. The molecule has 0 radical (unpaired) electrons. The second-order valence-electron chi connectivity index (χ2n) is 3.59. The molecule has 6 heteroatoms. The summed E-state index contributed by atoms with van der Waals surface area (Å²) in [5.74, 6) is -1.43. The van der Waals surface area contributed by atoms with Gasteiger partial charge in [0, 0.05) is 5.56 Å². The molecule has 1 aromatic heterocycles. The van der Waals surface area contributed by atoms with Crippen LogP contribution in [0.2, 0.25) is 0 Å². The van der Waals surface area contributed by atoms with Gasteiger partial charge in [0.05, 0.1) is 17.5 Å². The van der Waals surface area contributed by atoms with E-state index in [0.717, 1.165) is 18.3 Å². The van der Waals surface area contributed by atoms with Gasteiger partial charge in [-0.05, 0) is 24.3 Å². The summed E-state index contributed by atoms with van der Waals surface area (Å²) in [7, 11) is 0. The predicted molar refractivity (Wildman–Crippen MR) is 56.3 cm³/mol. The minimum Gasteiger partial charge on any atom is -0.506 e. The van der Waals surface area contributed by atoms with Crippen LogP contribution in [0, 0.1) is 5.82 Å². The molecule has 0 aliphatic carbocycles. The van der Waals surface area contributed by atoms with E-state index in [1.807, 2.05) is 0 Å². The molecule has 1 aromatic carbocycles. The first kappa shape index (κ1) is 12.3. The quantitative estimate of drug-likeness (QED) is 0.791. The molecule has 0 aliphatic rings. The maximum atomic E-state index is 13.3. The van der Waals surface area contributed by atoms with Gasteiger partial charge in [0.25, 0.3) is 0 Å². The third kappa shape index (κ3) is 2.42. The minimum absolute atomic E-state index is 0.0777. The molecule has 0 amide bonds. The molecular formula is C12H7F4NO. The van der Waals surface area contributed by atoms with Gasteiger partial charge in [-0.25, -0.2) is 4.39 Å². The molecule has 0 fully saturated rings. The molecule has 0 atom stereocenters. The Balaban J connectivity index is 2.43. The van der Waals surface area contributed by atoms with Gasteiger partial charge in [-0.2, -0.15) is 13.2 Å². The monoisotopic (exact) mass is 257 g/mol. The van der Waals surface area contributed by atoms with Gasteiger partial charge in [-0.1, -0.05) is 6.07 Å². The van der Waals surface area contributed by atoms with Crippen molar-refractivity contribution >= 4 is 0 Å². The van der Waals surface area contributed by atoms with Crippen molar-refractivity contribution in [3.63, 3.8) is 0 Å². The summed E-state index contributed by atoms with van der Waals surface area (Å²) < 4.78 is 50.4. The van der Waals surface area contributed by atoms with Crippen LogP contribution in [-0.2, 0) is 6.18 Å². The van der Waals surface area contributed by atoms with Crippen molar-refractivity contribution in [1.82, 2.24) is 4.98 Å². The minimum atomic E-state index is -4.72. The summed E-state index contributed by atoms with van der Waals surface area (Å²) >= 11 is 0. The Kier molecular flexibility index (Phi) is 2.94. The number of alkyl halides is 3. The van der Waals surface area contributed by atoms with Crippen LogP contribution in [0.5, 0.6) is 5.75 Å². The summed E-state index contributed by atoms with van der Waals surface area (Å²) in [5.41, 5.74) is -0.828. The molecule has 94 valence electrons. The van der Waals surface area contributed by atoms with Gasteiger partial charge >= 0.3 is 6.18 Å². The summed E-state index contributed by atoms with van der Waals surface area (Å²) in [6.07, 6.45) is -3.59. The van der Waals surface area contributed by atoms with Gasteiger partial charge in [0.15, 0.2) is 0 Å².